The largest absolute Gasteiger partial charge is 0.444 e. The lowest BCUT2D eigenvalue weighted by Crippen LogP contribution is -2.47. The van der Waals surface area contributed by atoms with Gasteiger partial charge in [0.05, 0.1) is 10.2 Å². The molecule has 31 heavy (non-hydrogen) atoms. The molecule has 1 aliphatic rings. The SMILES string of the molecule is CC(C)(C)OC(=O)N1CCC[C@@H](Nc2c(Br)cnc3c2ccn3C(=O)OC(C)(C)C)C1. The summed E-state index contributed by atoms with van der Waals surface area (Å²) < 4.78 is 13.2. The van der Waals surface area contributed by atoms with Crippen LogP contribution in [-0.4, -0.2) is 57.0 Å². The van der Waals surface area contributed by atoms with E-state index >= 15 is 0 Å². The Bertz CT molecular complexity index is 974. The molecule has 0 spiro atoms. The monoisotopic (exact) mass is 494 g/mol. The van der Waals surface area contributed by atoms with Crippen LogP contribution in [0.25, 0.3) is 11.0 Å². The van der Waals surface area contributed by atoms with Crippen LogP contribution in [0.15, 0.2) is 22.9 Å². The number of hydrogen-bond acceptors (Lipinski definition) is 6. The molecule has 0 unspecified atom stereocenters. The van der Waals surface area contributed by atoms with Crippen LogP contribution >= 0.6 is 15.9 Å². The molecular formula is C22H31BrN4O4. The molecule has 2 aromatic rings. The first-order valence-corrected chi connectivity index (χ1v) is 11.3. The summed E-state index contributed by atoms with van der Waals surface area (Å²) in [7, 11) is 0. The Hall–Kier alpha value is -2.29. The average Bonchev–Trinajstić information content (AvgIpc) is 3.06. The van der Waals surface area contributed by atoms with Crippen molar-refractivity contribution in [2.45, 2.75) is 71.6 Å². The highest BCUT2D eigenvalue weighted by atomic mass is 79.9. The van der Waals surface area contributed by atoms with Crippen LogP contribution in [0.2, 0.25) is 0 Å². The molecular weight excluding hydrogens is 464 g/mol. The molecule has 1 aliphatic heterocycles. The van der Waals surface area contributed by atoms with Crippen LogP contribution in [0.3, 0.4) is 0 Å². The number of pyridine rings is 1. The Morgan fingerprint density at radius 3 is 2.42 bits per heavy atom. The minimum Gasteiger partial charge on any atom is -0.444 e. The van der Waals surface area contributed by atoms with E-state index < -0.39 is 17.3 Å². The molecule has 2 aromatic heterocycles. The highest BCUT2D eigenvalue weighted by molar-refractivity contribution is 9.10. The van der Waals surface area contributed by atoms with E-state index in [0.29, 0.717) is 18.7 Å². The minimum absolute atomic E-state index is 0.0491. The number of rotatable bonds is 2. The number of anilines is 1. The average molecular weight is 495 g/mol. The Kier molecular flexibility index (Phi) is 6.55. The lowest BCUT2D eigenvalue weighted by molar-refractivity contribution is 0.0206. The number of carbonyl (C=O) groups is 2. The molecule has 0 aliphatic carbocycles. The number of halogens is 1. The molecule has 3 rings (SSSR count). The molecule has 0 radical (unpaired) electrons. The fraction of sp³-hybridized carbons (Fsp3) is 0.591. The van der Waals surface area contributed by atoms with Crippen molar-refractivity contribution < 1.29 is 19.1 Å². The van der Waals surface area contributed by atoms with Crippen LogP contribution in [0.5, 0.6) is 0 Å². The highest BCUT2D eigenvalue weighted by Crippen LogP contribution is 2.32. The zero-order valence-electron chi connectivity index (χ0n) is 19.0. The highest BCUT2D eigenvalue weighted by Gasteiger charge is 2.28. The molecule has 1 amide bonds. The standard InChI is InChI=1S/C22H31BrN4O4/c1-21(2,3)30-19(28)26-10-7-8-14(13-26)25-17-15-9-11-27(18(15)24-12-16(17)23)20(29)31-22(4,5)6/h9,11-12,14H,7-8,10,13H2,1-6H3,(H,24,25)/t14-/m1/s1. The number of likely N-dealkylation sites (tertiary alicyclic amines) is 1. The summed E-state index contributed by atoms with van der Waals surface area (Å²) in [5.41, 5.74) is 0.225. The minimum atomic E-state index is -0.600. The molecule has 0 bridgehead atoms. The van der Waals surface area contributed by atoms with Crippen LogP contribution in [-0.2, 0) is 9.47 Å². The zero-order valence-corrected chi connectivity index (χ0v) is 20.6. The van der Waals surface area contributed by atoms with Gasteiger partial charge in [-0.05, 0) is 76.4 Å². The lowest BCUT2D eigenvalue weighted by atomic mass is 10.1. The van der Waals surface area contributed by atoms with Crippen molar-refractivity contribution in [3.05, 3.63) is 22.9 Å². The molecule has 0 saturated carbocycles. The zero-order chi connectivity index (χ0) is 23.0. The van der Waals surface area contributed by atoms with Crippen molar-refractivity contribution in [1.29, 1.82) is 0 Å². The van der Waals surface area contributed by atoms with Crippen LogP contribution in [0.1, 0.15) is 54.4 Å². The van der Waals surface area contributed by atoms with Crippen LogP contribution < -0.4 is 5.32 Å². The van der Waals surface area contributed by atoms with E-state index in [1.807, 2.05) is 47.6 Å². The molecule has 1 N–H and O–H groups in total. The Labute approximate surface area is 191 Å². The second-order valence-electron chi connectivity index (χ2n) is 9.79. The number of hydrogen-bond donors (Lipinski definition) is 1. The number of aromatic nitrogens is 2. The number of nitrogens with one attached hydrogen (secondary N) is 1. The van der Waals surface area contributed by atoms with E-state index in [4.69, 9.17) is 9.47 Å². The van der Waals surface area contributed by atoms with Gasteiger partial charge in [-0.3, -0.25) is 0 Å². The summed E-state index contributed by atoms with van der Waals surface area (Å²) >= 11 is 3.57. The Morgan fingerprint density at radius 2 is 1.77 bits per heavy atom. The summed E-state index contributed by atoms with van der Waals surface area (Å²) in [5, 5.41) is 4.34. The quantitative estimate of drug-likeness (QED) is 0.601. The molecule has 1 atom stereocenters. The van der Waals surface area contributed by atoms with Gasteiger partial charge in [0.25, 0.3) is 0 Å². The number of piperidine rings is 1. The molecule has 3 heterocycles. The summed E-state index contributed by atoms with van der Waals surface area (Å²) in [6.45, 7) is 12.3. The van der Waals surface area contributed by atoms with Gasteiger partial charge in [-0.1, -0.05) is 0 Å². The molecule has 0 aromatic carbocycles. The van der Waals surface area contributed by atoms with Gasteiger partial charge in [-0.25, -0.2) is 19.1 Å². The topological polar surface area (TPSA) is 85.7 Å². The van der Waals surface area contributed by atoms with Crippen molar-refractivity contribution >= 4 is 44.8 Å². The number of amides is 1. The first kappa shape index (κ1) is 23.4. The van der Waals surface area contributed by atoms with Crippen LogP contribution in [0, 0.1) is 0 Å². The maximum Gasteiger partial charge on any atom is 0.420 e. The number of ether oxygens (including phenoxy) is 2. The van der Waals surface area contributed by atoms with E-state index in [2.05, 4.69) is 26.2 Å². The number of nitrogens with zero attached hydrogens (tertiary/aromatic N) is 3. The third-order valence-corrected chi connectivity index (χ3v) is 5.28. The number of fused-ring (bicyclic) bond motifs is 1. The summed E-state index contributed by atoms with van der Waals surface area (Å²) in [5.74, 6) is 0. The van der Waals surface area contributed by atoms with Crippen molar-refractivity contribution in [2.24, 2.45) is 0 Å². The molecule has 1 fully saturated rings. The van der Waals surface area contributed by atoms with E-state index in [9.17, 15) is 9.59 Å². The van der Waals surface area contributed by atoms with Gasteiger partial charge in [-0.2, -0.15) is 0 Å². The van der Waals surface area contributed by atoms with Gasteiger partial charge in [0.15, 0.2) is 5.65 Å². The van der Waals surface area contributed by atoms with Gasteiger partial charge in [0, 0.05) is 36.9 Å². The predicted molar refractivity (Wildman–Crippen MR) is 124 cm³/mol. The summed E-state index contributed by atoms with van der Waals surface area (Å²) in [6.07, 6.45) is 4.35. The Balaban J connectivity index is 1.80. The van der Waals surface area contributed by atoms with Gasteiger partial charge in [0.1, 0.15) is 11.2 Å². The van der Waals surface area contributed by atoms with Gasteiger partial charge < -0.3 is 19.7 Å². The third kappa shape index (κ3) is 5.90. The third-order valence-electron chi connectivity index (χ3n) is 4.68. The second-order valence-corrected chi connectivity index (χ2v) is 10.6. The smallest absolute Gasteiger partial charge is 0.420 e. The van der Waals surface area contributed by atoms with Gasteiger partial charge in [-0.15, -0.1) is 0 Å². The van der Waals surface area contributed by atoms with E-state index in [0.717, 1.165) is 28.4 Å². The maximum absolute atomic E-state index is 12.6. The van der Waals surface area contributed by atoms with Crippen molar-refractivity contribution in [1.82, 2.24) is 14.5 Å². The van der Waals surface area contributed by atoms with Crippen LogP contribution in [0.4, 0.5) is 15.3 Å². The molecule has 170 valence electrons. The maximum atomic E-state index is 12.6. The molecule has 1 saturated heterocycles. The molecule has 9 heteroatoms. The second kappa shape index (κ2) is 8.68. The first-order valence-electron chi connectivity index (χ1n) is 10.5. The van der Waals surface area contributed by atoms with E-state index in [-0.39, 0.29) is 12.1 Å². The molecule has 8 nitrogen and oxygen atoms in total. The normalized spacial score (nSPS) is 17.5. The summed E-state index contributed by atoms with van der Waals surface area (Å²) in [4.78, 5) is 31.2. The van der Waals surface area contributed by atoms with Crippen molar-refractivity contribution in [3.8, 4) is 0 Å². The van der Waals surface area contributed by atoms with E-state index in [1.54, 1.807) is 17.3 Å². The van der Waals surface area contributed by atoms with Crippen molar-refractivity contribution in [3.63, 3.8) is 0 Å². The van der Waals surface area contributed by atoms with E-state index in [1.165, 1.54) is 4.57 Å². The van der Waals surface area contributed by atoms with Gasteiger partial charge in [0.2, 0.25) is 0 Å². The van der Waals surface area contributed by atoms with Gasteiger partial charge >= 0.3 is 12.2 Å². The summed E-state index contributed by atoms with van der Waals surface area (Å²) in [6, 6.07) is 1.89. The number of carbonyl (C=O) groups excluding carboxylic acids is 2. The first-order chi connectivity index (χ1) is 14.3. The predicted octanol–water partition coefficient (Wildman–Crippen LogP) is 5.39. The lowest BCUT2D eigenvalue weighted by Gasteiger charge is -2.35. The fourth-order valence-corrected chi connectivity index (χ4v) is 3.89. The fourth-order valence-electron chi connectivity index (χ4n) is 3.46. The Morgan fingerprint density at radius 1 is 1.13 bits per heavy atom. The van der Waals surface area contributed by atoms with Crippen molar-refractivity contribution in [2.75, 3.05) is 18.4 Å².